The lowest BCUT2D eigenvalue weighted by atomic mass is 10.1. The number of alkyl halides is 6. The molecule has 0 saturated heterocycles. The van der Waals surface area contributed by atoms with Gasteiger partial charge in [-0.1, -0.05) is 35.4 Å². The van der Waals surface area contributed by atoms with Gasteiger partial charge in [0.25, 0.3) is 0 Å². The Labute approximate surface area is 234 Å². The van der Waals surface area contributed by atoms with Crippen LogP contribution >= 0.6 is 18.9 Å². The van der Waals surface area contributed by atoms with Gasteiger partial charge in [0, 0.05) is 0 Å². The van der Waals surface area contributed by atoms with Gasteiger partial charge >= 0.3 is 19.7 Å². The van der Waals surface area contributed by atoms with Crippen molar-refractivity contribution >= 4 is 26.3 Å². The van der Waals surface area contributed by atoms with Gasteiger partial charge in [-0.15, -0.1) is 0 Å². The molecule has 0 aliphatic heterocycles. The molecule has 0 aliphatic carbocycles. The first kappa shape index (κ1) is 35.5. The molecule has 0 heterocycles. The van der Waals surface area contributed by atoms with Crippen LogP contribution in [0.5, 0.6) is 17.2 Å². The lowest BCUT2D eigenvalue weighted by Gasteiger charge is -2.14. The number of benzene rings is 3. The van der Waals surface area contributed by atoms with E-state index in [1.165, 1.54) is 33.4 Å². The van der Waals surface area contributed by atoms with Crippen molar-refractivity contribution in [3.63, 3.8) is 0 Å². The predicted molar refractivity (Wildman–Crippen MR) is 149 cm³/mol. The summed E-state index contributed by atoms with van der Waals surface area (Å²) in [6.45, 7) is 12.4. The fraction of sp³-hybridized carbons (Fsp3) is 0.308. The van der Waals surface area contributed by atoms with Gasteiger partial charge in [0.15, 0.2) is 0 Å². The molecular formula is C26H31BF6O5P2. The first-order valence-corrected chi connectivity index (χ1v) is 12.5. The molecule has 0 aromatic heterocycles. The van der Waals surface area contributed by atoms with E-state index in [4.69, 9.17) is 19.1 Å². The molecular weight excluding hydrogens is 579 g/mol. The summed E-state index contributed by atoms with van der Waals surface area (Å²) in [6, 6.07) is 8.83. The van der Waals surface area contributed by atoms with E-state index >= 15 is 0 Å². The molecule has 220 valence electrons. The Morgan fingerprint density at radius 3 is 1.10 bits per heavy atom. The normalized spacial score (nSPS) is 11.0. The first-order chi connectivity index (χ1) is 18.3. The summed E-state index contributed by atoms with van der Waals surface area (Å²) in [5.74, 6) is 0.994. The molecule has 5 nitrogen and oxygen atoms in total. The first-order valence-electron chi connectivity index (χ1n) is 11.5. The average molecular weight is 610 g/mol. The highest BCUT2D eigenvalue weighted by atomic mass is 31.0. The van der Waals surface area contributed by atoms with Gasteiger partial charge < -0.3 is 23.7 Å². The third kappa shape index (κ3) is 11.2. The molecule has 14 heteroatoms. The van der Waals surface area contributed by atoms with Crippen molar-refractivity contribution in [1.29, 1.82) is 0 Å². The summed E-state index contributed by atoms with van der Waals surface area (Å²) in [7, 11) is 2.04. The van der Waals surface area contributed by atoms with E-state index in [0.29, 0.717) is 0 Å². The maximum Gasteiger partial charge on any atom is 0.707 e. The number of aryl methyl sites for hydroxylation is 6. The van der Waals surface area contributed by atoms with Crippen molar-refractivity contribution in [3.05, 3.63) is 87.0 Å². The van der Waals surface area contributed by atoms with Crippen LogP contribution in [0.4, 0.5) is 26.3 Å². The second kappa shape index (κ2) is 14.9. The molecule has 0 spiro atoms. The van der Waals surface area contributed by atoms with Gasteiger partial charge in [0.2, 0.25) is 0 Å². The van der Waals surface area contributed by atoms with Gasteiger partial charge in [-0.25, -0.2) is 0 Å². The Morgan fingerprint density at radius 1 is 0.575 bits per heavy atom. The maximum atomic E-state index is 12.3. The van der Waals surface area contributed by atoms with Crippen molar-refractivity contribution in [2.24, 2.45) is 0 Å². The Morgan fingerprint density at radius 2 is 0.875 bits per heavy atom. The topological polar surface area (TPSA) is 68.2 Å². The van der Waals surface area contributed by atoms with Gasteiger partial charge in [0.05, 0.1) is 30.1 Å². The van der Waals surface area contributed by atoms with Crippen LogP contribution in [0.15, 0.2) is 42.5 Å². The van der Waals surface area contributed by atoms with Crippen LogP contribution in [0.25, 0.3) is 0 Å². The van der Waals surface area contributed by atoms with Crippen LogP contribution in [0.2, 0.25) is 0 Å². The second-order valence-corrected chi connectivity index (χ2v) is 9.35. The van der Waals surface area contributed by atoms with E-state index in [0.717, 1.165) is 11.5 Å². The van der Waals surface area contributed by atoms with Gasteiger partial charge in [0.1, 0.15) is 17.2 Å². The average Bonchev–Trinajstić information content (AvgIpc) is 2.77. The fourth-order valence-corrected chi connectivity index (χ4v) is 4.57. The summed E-state index contributed by atoms with van der Waals surface area (Å²) in [5.41, 5.74) is 4.13. The third-order valence-electron chi connectivity index (χ3n) is 5.25. The second-order valence-electron chi connectivity index (χ2n) is 8.88. The molecule has 2 unspecified atom stereocenters. The van der Waals surface area contributed by atoms with E-state index in [1.807, 2.05) is 0 Å². The summed E-state index contributed by atoms with van der Waals surface area (Å²) < 4.78 is 88.2. The van der Waals surface area contributed by atoms with Crippen LogP contribution in [0, 0.1) is 41.5 Å². The molecule has 0 aliphatic rings. The minimum Gasteiger partial charge on any atom is -0.512 e. The molecule has 40 heavy (non-hydrogen) atoms. The SMILES string of the molecule is Cc1cc(C)c(OP)c(C)c1.Cc1cc(C)c(OP)c(C)c1.OB(O)Oc1cc(C(F)(F)F)cc(C(F)(F)F)c1. The fourth-order valence-electron chi connectivity index (χ4n) is 3.82. The standard InChI is InChI=1S/2C9H13OP.C8H5BF6O3/c2*1-6-4-7(2)9(10-11)8(3)5-6;10-7(11,12)4-1-5(8(13,14)15)3-6(2-4)18-9(16)17/h2*4-5H,11H2,1-3H3;1-3,16-17H. The highest BCUT2D eigenvalue weighted by molar-refractivity contribution is 7.10. The highest BCUT2D eigenvalue weighted by Crippen LogP contribution is 2.38. The zero-order valence-corrected chi connectivity index (χ0v) is 25.0. The molecule has 3 aromatic carbocycles. The summed E-state index contributed by atoms with van der Waals surface area (Å²) in [5, 5.41) is 16.7. The van der Waals surface area contributed by atoms with Crippen molar-refractivity contribution in [1.82, 2.24) is 0 Å². The minimum absolute atomic E-state index is 0.101. The largest absolute Gasteiger partial charge is 0.707 e. The number of hydrogen-bond acceptors (Lipinski definition) is 5. The zero-order chi connectivity index (χ0) is 31.0. The van der Waals surface area contributed by atoms with Crippen molar-refractivity contribution in [2.45, 2.75) is 53.9 Å². The molecule has 0 fully saturated rings. The van der Waals surface area contributed by atoms with Gasteiger partial charge in [-0.05, 0) is 82.0 Å². The lowest BCUT2D eigenvalue weighted by Crippen LogP contribution is -2.21. The van der Waals surface area contributed by atoms with E-state index in [1.54, 1.807) is 0 Å². The van der Waals surface area contributed by atoms with E-state index < -0.39 is 36.6 Å². The smallest absolute Gasteiger partial charge is 0.512 e. The zero-order valence-electron chi connectivity index (χ0n) is 22.7. The summed E-state index contributed by atoms with van der Waals surface area (Å²) in [4.78, 5) is 0. The summed E-state index contributed by atoms with van der Waals surface area (Å²) in [6.07, 6.45) is -10.0. The number of hydrogen-bond donors (Lipinski definition) is 2. The molecule has 3 aromatic rings. The van der Waals surface area contributed by atoms with E-state index in [9.17, 15) is 26.3 Å². The number of halogens is 6. The van der Waals surface area contributed by atoms with Crippen LogP contribution < -0.4 is 13.7 Å². The highest BCUT2D eigenvalue weighted by Gasteiger charge is 2.37. The van der Waals surface area contributed by atoms with Crippen molar-refractivity contribution in [2.75, 3.05) is 0 Å². The Kier molecular flexibility index (Phi) is 13.2. The van der Waals surface area contributed by atoms with E-state index in [2.05, 4.69) is 89.4 Å². The third-order valence-corrected chi connectivity index (χ3v) is 5.72. The van der Waals surface area contributed by atoms with Crippen LogP contribution in [0.3, 0.4) is 0 Å². The molecule has 2 N–H and O–H groups in total. The Bertz CT molecular complexity index is 1150. The maximum absolute atomic E-state index is 12.3. The molecule has 2 atom stereocenters. The molecule has 0 amide bonds. The lowest BCUT2D eigenvalue weighted by molar-refractivity contribution is -0.143. The van der Waals surface area contributed by atoms with Crippen LogP contribution in [-0.2, 0) is 12.4 Å². The Balaban J connectivity index is 0.000000315. The minimum atomic E-state index is -5.01. The van der Waals surface area contributed by atoms with Crippen molar-refractivity contribution < 1.29 is 50.1 Å². The van der Waals surface area contributed by atoms with Gasteiger partial charge in [-0.3, -0.25) is 0 Å². The van der Waals surface area contributed by atoms with E-state index in [-0.39, 0.29) is 18.2 Å². The van der Waals surface area contributed by atoms with Crippen LogP contribution in [0.1, 0.15) is 44.5 Å². The Hall–Kier alpha value is -2.52. The van der Waals surface area contributed by atoms with Crippen molar-refractivity contribution in [3.8, 4) is 17.2 Å². The molecule has 3 rings (SSSR count). The predicted octanol–water partition coefficient (Wildman–Crippen LogP) is 7.63. The summed E-state index contributed by atoms with van der Waals surface area (Å²) >= 11 is 0. The number of rotatable bonds is 4. The monoisotopic (exact) mass is 610 g/mol. The molecule has 0 radical (unpaired) electrons. The van der Waals surface area contributed by atoms with Gasteiger partial charge in [-0.2, -0.15) is 26.3 Å². The molecule has 0 saturated carbocycles. The quantitative estimate of drug-likeness (QED) is 0.181. The van der Waals surface area contributed by atoms with Crippen LogP contribution in [-0.4, -0.2) is 17.4 Å². The molecule has 0 bridgehead atoms.